The highest BCUT2D eigenvalue weighted by atomic mass is 79.9. The Balaban J connectivity index is 3.97. The van der Waals surface area contributed by atoms with Gasteiger partial charge in [0.25, 0.3) is 0 Å². The predicted molar refractivity (Wildman–Crippen MR) is 78.2 cm³/mol. The Bertz CT molecular complexity index is 449. The van der Waals surface area contributed by atoms with Gasteiger partial charge in [0.05, 0.1) is 0 Å². The summed E-state index contributed by atoms with van der Waals surface area (Å²) in [7, 11) is 0. The molecular weight excluding hydrogens is 400 g/mol. The average molecular weight is 412 g/mol. The van der Waals surface area contributed by atoms with E-state index >= 15 is 0 Å². The SMILES string of the molecule is C=C(Br)COC(=O)OC#CC(C)OC(=O)OCC(=C)Br. The summed E-state index contributed by atoms with van der Waals surface area (Å²) >= 11 is 6.02. The summed E-state index contributed by atoms with van der Waals surface area (Å²) < 4.78 is 19.3. The molecule has 110 valence electrons. The molecule has 0 amide bonds. The number of ether oxygens (including phenoxy) is 4. The molecule has 0 aromatic heterocycles. The highest BCUT2D eigenvalue weighted by Gasteiger charge is 2.09. The Kier molecular flexibility index (Phi) is 9.59. The number of carbonyl (C=O) groups is 2. The number of carbonyl (C=O) groups excluding carboxylic acids is 2. The third kappa shape index (κ3) is 11.6. The molecule has 0 aliphatic rings. The summed E-state index contributed by atoms with van der Waals surface area (Å²) in [5, 5.41) is 0. The highest BCUT2D eigenvalue weighted by Crippen LogP contribution is 2.03. The van der Waals surface area contributed by atoms with E-state index in [4.69, 9.17) is 4.74 Å². The van der Waals surface area contributed by atoms with Crippen molar-refractivity contribution in [3.63, 3.8) is 0 Å². The van der Waals surface area contributed by atoms with Gasteiger partial charge in [-0.15, -0.1) is 0 Å². The summed E-state index contributed by atoms with van der Waals surface area (Å²) in [6, 6.07) is 0. The summed E-state index contributed by atoms with van der Waals surface area (Å²) in [5.74, 6) is 2.36. The average Bonchev–Trinajstić information content (AvgIpc) is 2.33. The molecule has 0 radical (unpaired) electrons. The lowest BCUT2D eigenvalue weighted by atomic mass is 10.4. The van der Waals surface area contributed by atoms with Gasteiger partial charge in [-0.05, 0) is 12.8 Å². The fourth-order valence-corrected chi connectivity index (χ4v) is 0.895. The first-order valence-corrected chi connectivity index (χ1v) is 6.74. The Morgan fingerprint density at radius 1 is 1.10 bits per heavy atom. The Labute approximate surface area is 133 Å². The van der Waals surface area contributed by atoms with Crippen LogP contribution in [0.15, 0.2) is 22.1 Å². The van der Waals surface area contributed by atoms with Gasteiger partial charge in [-0.1, -0.05) is 45.0 Å². The molecule has 0 bridgehead atoms. The van der Waals surface area contributed by atoms with Gasteiger partial charge < -0.3 is 18.9 Å². The van der Waals surface area contributed by atoms with Gasteiger partial charge in [-0.2, -0.15) is 0 Å². The molecule has 0 aliphatic carbocycles. The Morgan fingerprint density at radius 3 is 2.10 bits per heavy atom. The first-order chi connectivity index (χ1) is 9.31. The standard InChI is InChI=1S/C12H12Br2O6/c1-8(13)6-18-11(15)17-5-4-10(3)20-12(16)19-7-9(2)14/h10H,1-2,6-7H2,3H3. The topological polar surface area (TPSA) is 71.1 Å². The Hall–Kier alpha value is -1.46. The van der Waals surface area contributed by atoms with Crippen LogP contribution in [0, 0.1) is 12.0 Å². The van der Waals surface area contributed by atoms with Crippen LogP contribution in [0.5, 0.6) is 0 Å². The minimum absolute atomic E-state index is 0.0156. The van der Waals surface area contributed by atoms with Crippen LogP contribution in [0.2, 0.25) is 0 Å². The first-order valence-electron chi connectivity index (χ1n) is 5.15. The fraction of sp³-hybridized carbons (Fsp3) is 0.333. The molecule has 1 atom stereocenters. The van der Waals surface area contributed by atoms with Crippen molar-refractivity contribution in [2.45, 2.75) is 13.0 Å². The summed E-state index contributed by atoms with van der Waals surface area (Å²) in [6.07, 6.45) is -0.659. The first kappa shape index (κ1) is 18.5. The lowest BCUT2D eigenvalue weighted by molar-refractivity contribution is 0.0510. The van der Waals surface area contributed by atoms with Gasteiger partial charge in [0.1, 0.15) is 19.3 Å². The minimum atomic E-state index is -0.983. The van der Waals surface area contributed by atoms with Crippen molar-refractivity contribution in [2.75, 3.05) is 13.2 Å². The second kappa shape index (κ2) is 10.3. The van der Waals surface area contributed by atoms with E-state index in [1.165, 1.54) is 6.92 Å². The zero-order chi connectivity index (χ0) is 15.5. The zero-order valence-electron chi connectivity index (χ0n) is 10.6. The fourth-order valence-electron chi connectivity index (χ4n) is 0.666. The lowest BCUT2D eigenvalue weighted by Crippen LogP contribution is -2.15. The van der Waals surface area contributed by atoms with Crippen LogP contribution in [0.1, 0.15) is 6.92 Å². The van der Waals surface area contributed by atoms with E-state index in [9.17, 15) is 9.59 Å². The van der Waals surface area contributed by atoms with Gasteiger partial charge in [0.15, 0.2) is 6.10 Å². The Morgan fingerprint density at radius 2 is 1.60 bits per heavy atom. The van der Waals surface area contributed by atoms with Gasteiger partial charge >= 0.3 is 12.3 Å². The number of hydrogen-bond acceptors (Lipinski definition) is 6. The normalized spacial score (nSPS) is 10.3. The van der Waals surface area contributed by atoms with Crippen LogP contribution in [0.3, 0.4) is 0 Å². The number of rotatable bonds is 5. The molecule has 1 unspecified atom stereocenters. The molecule has 0 heterocycles. The smallest absolute Gasteiger partial charge is 0.429 e. The van der Waals surface area contributed by atoms with Gasteiger partial charge in [-0.25, -0.2) is 9.59 Å². The maximum atomic E-state index is 11.1. The van der Waals surface area contributed by atoms with Crippen molar-refractivity contribution in [3.8, 4) is 12.0 Å². The summed E-state index contributed by atoms with van der Waals surface area (Å²) in [6.45, 7) is 8.38. The monoisotopic (exact) mass is 410 g/mol. The van der Waals surface area contributed by atoms with Crippen molar-refractivity contribution >= 4 is 44.2 Å². The van der Waals surface area contributed by atoms with Crippen molar-refractivity contribution in [1.29, 1.82) is 0 Å². The van der Waals surface area contributed by atoms with E-state index in [-0.39, 0.29) is 13.2 Å². The highest BCUT2D eigenvalue weighted by molar-refractivity contribution is 9.12. The third-order valence-corrected chi connectivity index (χ3v) is 1.82. The molecule has 0 aromatic rings. The quantitative estimate of drug-likeness (QED) is 0.509. The van der Waals surface area contributed by atoms with E-state index in [2.05, 4.69) is 65.1 Å². The maximum absolute atomic E-state index is 11.1. The molecular formula is C12H12Br2O6. The molecule has 0 N–H and O–H groups in total. The third-order valence-electron chi connectivity index (χ3n) is 1.36. The minimum Gasteiger partial charge on any atom is -0.429 e. The number of halogens is 2. The second-order valence-electron chi connectivity index (χ2n) is 3.22. The predicted octanol–water partition coefficient (Wildman–Crippen LogP) is 3.46. The lowest BCUT2D eigenvalue weighted by Gasteiger charge is -2.07. The van der Waals surface area contributed by atoms with E-state index in [0.29, 0.717) is 8.96 Å². The largest absolute Gasteiger partial charge is 0.523 e. The number of hydrogen-bond donors (Lipinski definition) is 0. The maximum Gasteiger partial charge on any atom is 0.523 e. The van der Waals surface area contributed by atoms with Crippen molar-refractivity contribution in [1.82, 2.24) is 0 Å². The van der Waals surface area contributed by atoms with E-state index in [1.54, 1.807) is 0 Å². The van der Waals surface area contributed by atoms with Crippen LogP contribution in [0.25, 0.3) is 0 Å². The van der Waals surface area contributed by atoms with Crippen molar-refractivity contribution < 1.29 is 28.5 Å². The summed E-state index contributed by atoms with van der Waals surface area (Å²) in [5.41, 5.74) is 0. The van der Waals surface area contributed by atoms with Crippen LogP contribution < -0.4 is 0 Å². The summed E-state index contributed by atoms with van der Waals surface area (Å²) in [4.78, 5) is 22.1. The van der Waals surface area contributed by atoms with Gasteiger partial charge in [0, 0.05) is 8.96 Å². The molecule has 0 rings (SSSR count). The van der Waals surface area contributed by atoms with Crippen molar-refractivity contribution in [3.05, 3.63) is 22.1 Å². The molecule has 0 saturated heterocycles. The molecule has 0 aliphatic heterocycles. The van der Waals surface area contributed by atoms with E-state index < -0.39 is 18.4 Å². The molecule has 0 aromatic carbocycles. The molecule has 20 heavy (non-hydrogen) atoms. The van der Waals surface area contributed by atoms with Crippen molar-refractivity contribution in [2.24, 2.45) is 0 Å². The van der Waals surface area contributed by atoms with E-state index in [1.807, 2.05) is 6.11 Å². The second-order valence-corrected chi connectivity index (χ2v) is 5.46. The molecule has 8 heteroatoms. The van der Waals surface area contributed by atoms with Crippen LogP contribution in [-0.4, -0.2) is 31.6 Å². The van der Waals surface area contributed by atoms with Crippen LogP contribution in [-0.2, 0) is 18.9 Å². The van der Waals surface area contributed by atoms with Gasteiger partial charge in [0.2, 0.25) is 0 Å². The zero-order valence-corrected chi connectivity index (χ0v) is 13.8. The van der Waals surface area contributed by atoms with Crippen LogP contribution in [0.4, 0.5) is 9.59 Å². The van der Waals surface area contributed by atoms with Crippen LogP contribution >= 0.6 is 31.9 Å². The molecule has 0 fully saturated rings. The molecule has 0 saturated carbocycles. The molecule has 0 spiro atoms. The van der Waals surface area contributed by atoms with E-state index in [0.717, 1.165) is 0 Å². The molecule has 6 nitrogen and oxygen atoms in total. The van der Waals surface area contributed by atoms with Gasteiger partial charge in [-0.3, -0.25) is 0 Å².